The van der Waals surface area contributed by atoms with Gasteiger partial charge in [0.05, 0.1) is 0 Å². The Hall–Kier alpha value is -1.11. The Kier molecular flexibility index (Phi) is 1.94. The van der Waals surface area contributed by atoms with Gasteiger partial charge in [0.2, 0.25) is 0 Å². The quantitative estimate of drug-likeness (QED) is 0.678. The molecule has 0 saturated heterocycles. The van der Waals surface area contributed by atoms with E-state index in [2.05, 4.69) is 12.1 Å². The molecule has 2 rings (SSSR count). The standard InChI is InChI=1S/C9H5NS2/c10-6-7-3-4-9(12-7)8-2-1-5-11-8/h1-5H. The fourth-order valence-corrected chi connectivity index (χ4v) is 2.59. The van der Waals surface area contributed by atoms with Crippen LogP contribution in [-0.4, -0.2) is 0 Å². The molecule has 12 heavy (non-hydrogen) atoms. The van der Waals surface area contributed by atoms with E-state index in [1.165, 1.54) is 21.1 Å². The van der Waals surface area contributed by atoms with E-state index in [1.54, 1.807) is 11.3 Å². The third-order valence-corrected chi connectivity index (χ3v) is 3.54. The fourth-order valence-electron chi connectivity index (χ4n) is 0.949. The smallest absolute Gasteiger partial charge is 0.110 e. The third kappa shape index (κ3) is 1.27. The lowest BCUT2D eigenvalue weighted by Gasteiger charge is -1.85. The van der Waals surface area contributed by atoms with Crippen LogP contribution in [-0.2, 0) is 0 Å². The number of hydrogen-bond acceptors (Lipinski definition) is 3. The molecule has 0 N–H and O–H groups in total. The van der Waals surface area contributed by atoms with Crippen LogP contribution in [0, 0.1) is 11.3 Å². The van der Waals surface area contributed by atoms with E-state index in [9.17, 15) is 0 Å². The van der Waals surface area contributed by atoms with Crippen molar-refractivity contribution in [2.24, 2.45) is 0 Å². The Morgan fingerprint density at radius 2 is 2.08 bits per heavy atom. The SMILES string of the molecule is N#Cc1ccc(-c2cccs2)s1. The van der Waals surface area contributed by atoms with Crippen LogP contribution in [0.5, 0.6) is 0 Å². The van der Waals surface area contributed by atoms with Crippen LogP contribution in [0.4, 0.5) is 0 Å². The van der Waals surface area contributed by atoms with Crippen LogP contribution in [0.25, 0.3) is 9.75 Å². The zero-order valence-corrected chi connectivity index (χ0v) is 7.78. The molecule has 2 aromatic heterocycles. The molecule has 2 aromatic rings. The van der Waals surface area contributed by atoms with Crippen LogP contribution >= 0.6 is 22.7 Å². The molecular weight excluding hydrogens is 186 g/mol. The van der Waals surface area contributed by atoms with Gasteiger partial charge in [-0.2, -0.15) is 5.26 Å². The average molecular weight is 191 g/mol. The Balaban J connectivity index is 2.44. The van der Waals surface area contributed by atoms with Gasteiger partial charge in [0.15, 0.2) is 0 Å². The molecule has 0 fully saturated rings. The molecule has 2 heterocycles. The second-order valence-electron chi connectivity index (χ2n) is 2.25. The van der Waals surface area contributed by atoms with Crippen LogP contribution in [0.15, 0.2) is 29.6 Å². The molecule has 0 aliphatic rings. The summed E-state index contributed by atoms with van der Waals surface area (Å²) >= 11 is 3.24. The van der Waals surface area contributed by atoms with Crippen molar-refractivity contribution in [2.45, 2.75) is 0 Å². The van der Waals surface area contributed by atoms with Gasteiger partial charge in [-0.3, -0.25) is 0 Å². The van der Waals surface area contributed by atoms with Crippen molar-refractivity contribution in [3.8, 4) is 15.8 Å². The molecule has 0 spiro atoms. The average Bonchev–Trinajstić information content (AvgIpc) is 2.75. The van der Waals surface area contributed by atoms with E-state index >= 15 is 0 Å². The van der Waals surface area contributed by atoms with Crippen molar-refractivity contribution in [1.82, 2.24) is 0 Å². The van der Waals surface area contributed by atoms with E-state index < -0.39 is 0 Å². The van der Waals surface area contributed by atoms with Crippen molar-refractivity contribution in [3.63, 3.8) is 0 Å². The number of rotatable bonds is 1. The molecule has 0 atom stereocenters. The normalized spacial score (nSPS) is 9.58. The summed E-state index contributed by atoms with van der Waals surface area (Å²) in [5.41, 5.74) is 0. The van der Waals surface area contributed by atoms with Crippen LogP contribution in [0.1, 0.15) is 4.88 Å². The second-order valence-corrected chi connectivity index (χ2v) is 4.28. The summed E-state index contributed by atoms with van der Waals surface area (Å²) in [4.78, 5) is 3.20. The molecule has 0 aromatic carbocycles. The molecular formula is C9H5NS2. The summed E-state index contributed by atoms with van der Waals surface area (Å²) in [6.07, 6.45) is 0. The van der Waals surface area contributed by atoms with Crippen molar-refractivity contribution in [1.29, 1.82) is 5.26 Å². The van der Waals surface area contributed by atoms with E-state index in [0.717, 1.165) is 4.88 Å². The topological polar surface area (TPSA) is 23.8 Å². The number of nitriles is 1. The molecule has 0 aliphatic carbocycles. The van der Waals surface area contributed by atoms with Gasteiger partial charge in [-0.15, -0.1) is 22.7 Å². The first-order chi connectivity index (χ1) is 5.90. The zero-order valence-electron chi connectivity index (χ0n) is 6.15. The van der Waals surface area contributed by atoms with E-state index in [4.69, 9.17) is 5.26 Å². The summed E-state index contributed by atoms with van der Waals surface area (Å²) < 4.78 is 0. The highest BCUT2D eigenvalue weighted by Gasteiger charge is 2.01. The number of nitrogens with zero attached hydrogens (tertiary/aromatic N) is 1. The second kappa shape index (κ2) is 3.10. The number of thiophene rings is 2. The van der Waals surface area contributed by atoms with Gasteiger partial charge in [0.25, 0.3) is 0 Å². The van der Waals surface area contributed by atoms with Gasteiger partial charge in [-0.25, -0.2) is 0 Å². The lowest BCUT2D eigenvalue weighted by molar-refractivity contribution is 1.52. The Bertz CT molecular complexity index is 406. The largest absolute Gasteiger partial charge is 0.192 e. The van der Waals surface area contributed by atoms with Crippen LogP contribution < -0.4 is 0 Å². The van der Waals surface area contributed by atoms with E-state index in [1.807, 2.05) is 23.6 Å². The van der Waals surface area contributed by atoms with Gasteiger partial charge in [0.1, 0.15) is 10.9 Å². The van der Waals surface area contributed by atoms with Crippen LogP contribution in [0.3, 0.4) is 0 Å². The lowest BCUT2D eigenvalue weighted by Crippen LogP contribution is -1.55. The summed E-state index contributed by atoms with van der Waals surface area (Å²) in [6.45, 7) is 0. The Morgan fingerprint density at radius 1 is 1.17 bits per heavy atom. The Morgan fingerprint density at radius 3 is 2.67 bits per heavy atom. The van der Waals surface area contributed by atoms with Gasteiger partial charge in [-0.05, 0) is 23.6 Å². The maximum Gasteiger partial charge on any atom is 0.110 e. The van der Waals surface area contributed by atoms with Crippen molar-refractivity contribution in [2.75, 3.05) is 0 Å². The lowest BCUT2D eigenvalue weighted by atomic mass is 10.4. The summed E-state index contributed by atoms with van der Waals surface area (Å²) in [7, 11) is 0. The highest BCUT2D eigenvalue weighted by molar-refractivity contribution is 7.21. The molecule has 1 nitrogen and oxygen atoms in total. The minimum absolute atomic E-state index is 0.776. The molecule has 0 unspecified atom stereocenters. The summed E-state index contributed by atoms with van der Waals surface area (Å²) in [6, 6.07) is 10.1. The van der Waals surface area contributed by atoms with E-state index in [0.29, 0.717) is 0 Å². The highest BCUT2D eigenvalue weighted by atomic mass is 32.1. The predicted octanol–water partition coefficient (Wildman–Crippen LogP) is 3.35. The maximum absolute atomic E-state index is 8.61. The fraction of sp³-hybridized carbons (Fsp3) is 0. The summed E-state index contributed by atoms with van der Waals surface area (Å²) in [5.74, 6) is 0. The minimum Gasteiger partial charge on any atom is -0.192 e. The Labute approximate surface area is 78.5 Å². The maximum atomic E-state index is 8.61. The van der Waals surface area contributed by atoms with Crippen molar-refractivity contribution >= 4 is 22.7 Å². The van der Waals surface area contributed by atoms with Gasteiger partial charge >= 0.3 is 0 Å². The minimum atomic E-state index is 0.776. The molecule has 0 saturated carbocycles. The number of hydrogen-bond donors (Lipinski definition) is 0. The monoisotopic (exact) mass is 191 g/mol. The van der Waals surface area contributed by atoms with Crippen molar-refractivity contribution < 1.29 is 0 Å². The first kappa shape index (κ1) is 7.53. The van der Waals surface area contributed by atoms with Crippen LogP contribution in [0.2, 0.25) is 0 Å². The summed E-state index contributed by atoms with van der Waals surface area (Å²) in [5, 5.41) is 10.7. The van der Waals surface area contributed by atoms with Crippen molar-refractivity contribution in [3.05, 3.63) is 34.5 Å². The van der Waals surface area contributed by atoms with Gasteiger partial charge < -0.3 is 0 Å². The molecule has 0 bridgehead atoms. The van der Waals surface area contributed by atoms with E-state index in [-0.39, 0.29) is 0 Å². The zero-order chi connectivity index (χ0) is 8.39. The first-order valence-corrected chi connectivity index (χ1v) is 5.13. The molecule has 58 valence electrons. The van der Waals surface area contributed by atoms with Gasteiger partial charge in [-0.1, -0.05) is 6.07 Å². The third-order valence-electron chi connectivity index (χ3n) is 1.48. The molecule has 3 heteroatoms. The molecule has 0 aliphatic heterocycles. The highest BCUT2D eigenvalue weighted by Crippen LogP contribution is 2.30. The predicted molar refractivity (Wildman–Crippen MR) is 52.3 cm³/mol. The molecule has 0 amide bonds. The first-order valence-electron chi connectivity index (χ1n) is 3.44. The van der Waals surface area contributed by atoms with Gasteiger partial charge in [0, 0.05) is 9.75 Å². The molecule has 0 radical (unpaired) electrons.